The quantitative estimate of drug-likeness (QED) is 0.443. The van der Waals surface area contributed by atoms with Crippen molar-refractivity contribution in [3.05, 3.63) is 82.9 Å². The van der Waals surface area contributed by atoms with Crippen molar-refractivity contribution in [2.75, 3.05) is 45.5 Å². The second-order valence-corrected chi connectivity index (χ2v) is 8.68. The fraction of sp³-hybridized carbons (Fsp3) is 0.250. The van der Waals surface area contributed by atoms with Gasteiger partial charge < -0.3 is 25.0 Å². The molecule has 0 radical (unpaired) electrons. The molecule has 176 valence electrons. The van der Waals surface area contributed by atoms with Crippen LogP contribution < -0.4 is 20.1 Å². The fourth-order valence-corrected chi connectivity index (χ4v) is 4.15. The minimum atomic E-state index is 0.0445. The molecule has 0 unspecified atom stereocenters. The number of ether oxygens (including phenoxy) is 2. The van der Waals surface area contributed by atoms with Crippen molar-refractivity contribution in [3.63, 3.8) is 0 Å². The van der Waals surface area contributed by atoms with Gasteiger partial charge >= 0.3 is 0 Å². The van der Waals surface area contributed by atoms with Crippen LogP contribution in [-0.4, -0.2) is 45.5 Å². The van der Waals surface area contributed by atoms with Crippen molar-refractivity contribution >= 4 is 28.4 Å². The van der Waals surface area contributed by atoms with Gasteiger partial charge in [-0.2, -0.15) is 0 Å². The fourth-order valence-electron chi connectivity index (χ4n) is 4.15. The number of hydrogen-bond acceptors (Lipinski definition) is 6. The van der Waals surface area contributed by atoms with E-state index >= 15 is 0 Å². The maximum Gasteiger partial charge on any atom is 0.159 e. The van der Waals surface area contributed by atoms with Crippen LogP contribution in [0, 0.1) is 0 Å². The molecule has 0 saturated heterocycles. The first-order chi connectivity index (χ1) is 16.4. The molecule has 0 fully saturated rings. The Morgan fingerprint density at radius 3 is 2.21 bits per heavy atom. The lowest BCUT2D eigenvalue weighted by Gasteiger charge is -2.18. The molecule has 0 saturated carbocycles. The van der Waals surface area contributed by atoms with Crippen LogP contribution in [0.1, 0.15) is 34.0 Å². The molecule has 1 aliphatic rings. The van der Waals surface area contributed by atoms with E-state index in [2.05, 4.69) is 53.9 Å². The van der Waals surface area contributed by atoms with Crippen LogP contribution in [0.15, 0.2) is 60.7 Å². The number of benzene rings is 3. The standard InChI is InChI=1S/C28H31N3O3/c1-18(32)20-8-11-27-25(14-20)26(16-29-27)28(21-12-23(33-4)15-24(13-21)34-5)30-22-9-6-19(7-10-22)17-31(2)3/h6-15,29-30H,16-17H2,1-5H3. The number of methoxy groups -OCH3 is 2. The van der Waals surface area contributed by atoms with E-state index in [0.29, 0.717) is 23.6 Å². The predicted molar refractivity (Wildman–Crippen MR) is 139 cm³/mol. The molecule has 0 atom stereocenters. The molecular weight excluding hydrogens is 426 g/mol. The van der Waals surface area contributed by atoms with Crippen molar-refractivity contribution in [3.8, 4) is 11.5 Å². The van der Waals surface area contributed by atoms with Crippen molar-refractivity contribution in [1.29, 1.82) is 0 Å². The number of fused-ring (bicyclic) bond motifs is 1. The molecule has 3 aromatic carbocycles. The number of carbonyl (C=O) groups excluding carboxylic acids is 1. The minimum Gasteiger partial charge on any atom is -0.497 e. The summed E-state index contributed by atoms with van der Waals surface area (Å²) in [5.74, 6) is 1.46. The monoisotopic (exact) mass is 457 g/mol. The van der Waals surface area contributed by atoms with Crippen LogP contribution >= 0.6 is 0 Å². The van der Waals surface area contributed by atoms with Gasteiger partial charge in [-0.25, -0.2) is 0 Å². The van der Waals surface area contributed by atoms with Crippen LogP contribution in [0.2, 0.25) is 0 Å². The van der Waals surface area contributed by atoms with E-state index in [1.54, 1.807) is 21.1 Å². The maximum atomic E-state index is 12.1. The van der Waals surface area contributed by atoms with Crippen LogP contribution in [0.25, 0.3) is 11.3 Å². The summed E-state index contributed by atoms with van der Waals surface area (Å²) in [5, 5.41) is 7.10. The molecule has 1 aliphatic heterocycles. The largest absolute Gasteiger partial charge is 0.497 e. The maximum absolute atomic E-state index is 12.1. The molecule has 6 nitrogen and oxygen atoms in total. The van der Waals surface area contributed by atoms with E-state index < -0.39 is 0 Å². The number of anilines is 2. The highest BCUT2D eigenvalue weighted by Gasteiger charge is 2.23. The Morgan fingerprint density at radius 2 is 1.62 bits per heavy atom. The van der Waals surface area contributed by atoms with Gasteiger partial charge in [0.1, 0.15) is 11.5 Å². The lowest BCUT2D eigenvalue weighted by atomic mass is 9.97. The van der Waals surface area contributed by atoms with Gasteiger partial charge in [0, 0.05) is 52.8 Å². The van der Waals surface area contributed by atoms with Gasteiger partial charge in [0.05, 0.1) is 19.9 Å². The van der Waals surface area contributed by atoms with Crippen LogP contribution in [0.5, 0.6) is 11.5 Å². The van der Waals surface area contributed by atoms with Crippen molar-refractivity contribution in [2.24, 2.45) is 0 Å². The lowest BCUT2D eigenvalue weighted by molar-refractivity contribution is 0.101. The van der Waals surface area contributed by atoms with Crippen molar-refractivity contribution in [2.45, 2.75) is 13.5 Å². The van der Waals surface area contributed by atoms with Gasteiger partial charge in [-0.15, -0.1) is 0 Å². The van der Waals surface area contributed by atoms with Crippen LogP contribution in [0.4, 0.5) is 11.4 Å². The molecule has 0 aliphatic carbocycles. The number of ketones is 1. The summed E-state index contributed by atoms with van der Waals surface area (Å²) in [5.41, 5.74) is 7.88. The van der Waals surface area contributed by atoms with E-state index in [-0.39, 0.29) is 5.78 Å². The van der Waals surface area contributed by atoms with Gasteiger partial charge in [-0.3, -0.25) is 4.79 Å². The Labute approximate surface area is 201 Å². The van der Waals surface area contributed by atoms with Gasteiger partial charge in [-0.1, -0.05) is 12.1 Å². The molecule has 3 aromatic rings. The van der Waals surface area contributed by atoms with Crippen LogP contribution in [0.3, 0.4) is 0 Å². The Morgan fingerprint density at radius 1 is 0.941 bits per heavy atom. The molecule has 0 aromatic heterocycles. The van der Waals surface area contributed by atoms with E-state index in [9.17, 15) is 4.79 Å². The van der Waals surface area contributed by atoms with Gasteiger partial charge in [0.2, 0.25) is 0 Å². The first-order valence-corrected chi connectivity index (χ1v) is 11.2. The van der Waals surface area contributed by atoms with Crippen molar-refractivity contribution in [1.82, 2.24) is 4.90 Å². The third-order valence-electron chi connectivity index (χ3n) is 5.87. The summed E-state index contributed by atoms with van der Waals surface area (Å²) >= 11 is 0. The number of hydrogen-bond donors (Lipinski definition) is 2. The molecule has 0 spiro atoms. The van der Waals surface area contributed by atoms with E-state index in [0.717, 1.165) is 40.3 Å². The van der Waals surface area contributed by atoms with Gasteiger partial charge in [-0.05, 0) is 69.0 Å². The summed E-state index contributed by atoms with van der Waals surface area (Å²) in [4.78, 5) is 14.2. The average Bonchev–Trinajstić information content (AvgIpc) is 3.25. The van der Waals surface area contributed by atoms with E-state index in [1.165, 1.54) is 5.56 Å². The molecular formula is C28H31N3O3. The number of Topliss-reactive ketones (excluding diaryl/α,β-unsaturated/α-hetero) is 1. The normalized spacial score (nSPS) is 13.8. The summed E-state index contributed by atoms with van der Waals surface area (Å²) < 4.78 is 11.1. The predicted octanol–water partition coefficient (Wildman–Crippen LogP) is 5.37. The first-order valence-electron chi connectivity index (χ1n) is 11.2. The molecule has 0 amide bonds. The minimum absolute atomic E-state index is 0.0445. The highest BCUT2D eigenvalue weighted by atomic mass is 16.5. The zero-order valence-electron chi connectivity index (χ0n) is 20.4. The third kappa shape index (κ3) is 5.07. The summed E-state index contributed by atoms with van der Waals surface area (Å²) in [6, 6.07) is 20.1. The van der Waals surface area contributed by atoms with Crippen molar-refractivity contribution < 1.29 is 14.3 Å². The number of nitrogens with zero attached hydrogens (tertiary/aromatic N) is 1. The van der Waals surface area contributed by atoms with Crippen LogP contribution in [-0.2, 0) is 6.54 Å². The highest BCUT2D eigenvalue weighted by Crippen LogP contribution is 2.39. The Balaban J connectivity index is 1.84. The summed E-state index contributed by atoms with van der Waals surface area (Å²) in [7, 11) is 7.41. The lowest BCUT2D eigenvalue weighted by Crippen LogP contribution is -2.10. The van der Waals surface area contributed by atoms with Gasteiger partial charge in [0.25, 0.3) is 0 Å². The third-order valence-corrected chi connectivity index (χ3v) is 5.87. The number of nitrogens with one attached hydrogen (secondary N) is 2. The highest BCUT2D eigenvalue weighted by molar-refractivity contribution is 6.04. The first kappa shape index (κ1) is 23.4. The molecule has 2 N–H and O–H groups in total. The molecule has 4 rings (SSSR count). The average molecular weight is 458 g/mol. The Hall–Kier alpha value is -3.77. The Bertz CT molecular complexity index is 1210. The Kier molecular flexibility index (Phi) is 6.89. The topological polar surface area (TPSA) is 62.8 Å². The van der Waals surface area contributed by atoms with E-state index in [4.69, 9.17) is 9.47 Å². The number of carbonyl (C=O) groups is 1. The van der Waals surface area contributed by atoms with Gasteiger partial charge in [0.15, 0.2) is 5.78 Å². The molecule has 1 heterocycles. The second kappa shape index (κ2) is 10.0. The smallest absolute Gasteiger partial charge is 0.159 e. The molecule has 34 heavy (non-hydrogen) atoms. The molecule has 0 bridgehead atoms. The SMILES string of the molecule is COc1cc(OC)cc(C(Nc2ccc(CN(C)C)cc2)=C2CNc3ccc(C(C)=O)cc32)c1. The molecule has 6 heteroatoms. The summed E-state index contributed by atoms with van der Waals surface area (Å²) in [6.07, 6.45) is 0. The summed E-state index contributed by atoms with van der Waals surface area (Å²) in [6.45, 7) is 3.11. The zero-order valence-corrected chi connectivity index (χ0v) is 20.4. The van der Waals surface area contributed by atoms with E-state index in [1.807, 2.05) is 36.4 Å². The number of rotatable bonds is 8. The second-order valence-electron chi connectivity index (χ2n) is 8.68. The zero-order chi connectivity index (χ0) is 24.2.